The van der Waals surface area contributed by atoms with Crippen LogP contribution in [0.3, 0.4) is 0 Å². The quantitative estimate of drug-likeness (QED) is 0.535. The zero-order valence-electron chi connectivity index (χ0n) is 17.6. The first-order valence-corrected chi connectivity index (χ1v) is 9.51. The molecule has 3 aromatic heterocycles. The maximum absolute atomic E-state index is 13.4. The van der Waals surface area contributed by atoms with Crippen molar-refractivity contribution in [2.45, 2.75) is 33.0 Å². The number of imidazole rings is 1. The predicted molar refractivity (Wildman–Crippen MR) is 117 cm³/mol. The Hall–Kier alpha value is -3.58. The number of fused-ring (bicyclic) bond motifs is 1. The van der Waals surface area contributed by atoms with Gasteiger partial charge in [-0.25, -0.2) is 4.79 Å². The van der Waals surface area contributed by atoms with Crippen LogP contribution in [0.25, 0.3) is 11.2 Å². The molecule has 0 bridgehead atoms. The fourth-order valence-corrected chi connectivity index (χ4v) is 3.35. The van der Waals surface area contributed by atoms with Crippen LogP contribution in [0.2, 0.25) is 0 Å². The number of nitrogen functional groups attached to an aromatic ring is 1. The smallest absolute Gasteiger partial charge is 0.332 e. The lowest BCUT2D eigenvalue weighted by Gasteiger charge is -2.20. The van der Waals surface area contributed by atoms with Crippen molar-refractivity contribution in [3.05, 3.63) is 44.9 Å². The highest BCUT2D eigenvalue weighted by Gasteiger charge is 2.22. The van der Waals surface area contributed by atoms with E-state index in [0.717, 1.165) is 4.57 Å². The number of hydrogen-bond donors (Lipinski definition) is 2. The summed E-state index contributed by atoms with van der Waals surface area (Å²) in [7, 11) is 3.43. The van der Waals surface area contributed by atoms with E-state index in [0.29, 0.717) is 34.9 Å². The minimum Gasteiger partial charge on any atom is -0.398 e. The Morgan fingerprint density at radius 3 is 2.67 bits per heavy atom. The second-order valence-electron chi connectivity index (χ2n) is 7.26. The van der Waals surface area contributed by atoms with Gasteiger partial charge < -0.3 is 16.4 Å². The van der Waals surface area contributed by atoms with E-state index < -0.39 is 11.2 Å². The van der Waals surface area contributed by atoms with Gasteiger partial charge in [0.25, 0.3) is 5.56 Å². The highest BCUT2D eigenvalue weighted by Crippen LogP contribution is 2.19. The Kier molecular flexibility index (Phi) is 5.94. The summed E-state index contributed by atoms with van der Waals surface area (Å²) in [5, 5.41) is 0. The fraction of sp³-hybridized carbons (Fsp3) is 0.400. The van der Waals surface area contributed by atoms with Crippen LogP contribution in [-0.4, -0.2) is 43.3 Å². The van der Waals surface area contributed by atoms with E-state index in [1.54, 1.807) is 37.0 Å². The van der Waals surface area contributed by atoms with Gasteiger partial charge in [0.15, 0.2) is 11.2 Å². The van der Waals surface area contributed by atoms with Crippen LogP contribution in [-0.2, 0) is 20.1 Å². The third-order valence-corrected chi connectivity index (χ3v) is 4.80. The molecule has 3 heterocycles. The number of pyridine rings is 1. The summed E-state index contributed by atoms with van der Waals surface area (Å²) >= 11 is 0. The molecule has 158 valence electrons. The molecule has 0 fully saturated rings. The van der Waals surface area contributed by atoms with Gasteiger partial charge in [-0.3, -0.25) is 23.5 Å². The maximum Gasteiger partial charge on any atom is 0.332 e. The molecule has 0 spiro atoms. The molecule has 10 nitrogen and oxygen atoms in total. The first kappa shape index (κ1) is 21.1. The second kappa shape index (κ2) is 8.42. The second-order valence-corrected chi connectivity index (χ2v) is 7.26. The monoisotopic (exact) mass is 410 g/mol. The number of rotatable bonds is 6. The molecule has 4 N–H and O–H groups in total. The van der Waals surface area contributed by atoms with Gasteiger partial charge in [0.2, 0.25) is 5.95 Å². The SMILES string of the molecule is CC#CCn1c(N(C)CC(C)N)nc2c1c(=O)n(Cc1cnccc1N)c(=O)n2C. The van der Waals surface area contributed by atoms with Gasteiger partial charge in [0, 0.05) is 50.3 Å². The van der Waals surface area contributed by atoms with Crippen LogP contribution >= 0.6 is 0 Å². The van der Waals surface area contributed by atoms with Crippen molar-refractivity contribution >= 4 is 22.8 Å². The molecule has 0 aliphatic carbocycles. The summed E-state index contributed by atoms with van der Waals surface area (Å²) < 4.78 is 4.23. The molecule has 30 heavy (non-hydrogen) atoms. The van der Waals surface area contributed by atoms with E-state index in [-0.39, 0.29) is 19.1 Å². The van der Waals surface area contributed by atoms with Crippen molar-refractivity contribution in [2.75, 3.05) is 24.2 Å². The summed E-state index contributed by atoms with van der Waals surface area (Å²) in [4.78, 5) is 36.8. The van der Waals surface area contributed by atoms with Crippen molar-refractivity contribution in [3.63, 3.8) is 0 Å². The Bertz CT molecular complexity index is 1260. The Morgan fingerprint density at radius 1 is 1.30 bits per heavy atom. The largest absolute Gasteiger partial charge is 0.398 e. The van der Waals surface area contributed by atoms with Crippen LogP contribution in [0.15, 0.2) is 28.0 Å². The standard InChI is InChI=1S/C20H26N8O2/c1-5-6-9-27-16-17(24-19(27)25(3)11-13(2)21)26(4)20(30)28(18(16)29)12-14-10-23-8-7-15(14)22/h7-8,10,13H,9,11-12,21H2,1-4H3,(H2,22,23). The van der Waals surface area contributed by atoms with E-state index in [1.807, 2.05) is 18.9 Å². The van der Waals surface area contributed by atoms with Crippen molar-refractivity contribution in [1.82, 2.24) is 23.7 Å². The average Bonchev–Trinajstić information content (AvgIpc) is 3.08. The van der Waals surface area contributed by atoms with E-state index in [4.69, 9.17) is 11.5 Å². The first-order chi connectivity index (χ1) is 14.3. The molecule has 0 aliphatic heterocycles. The third-order valence-electron chi connectivity index (χ3n) is 4.80. The Labute approximate surface area is 173 Å². The molecule has 3 aromatic rings. The van der Waals surface area contributed by atoms with Crippen LogP contribution in [0, 0.1) is 11.8 Å². The topological polar surface area (TPSA) is 130 Å². The first-order valence-electron chi connectivity index (χ1n) is 9.51. The molecule has 0 aliphatic rings. The van der Waals surface area contributed by atoms with Crippen LogP contribution in [0.5, 0.6) is 0 Å². The van der Waals surface area contributed by atoms with E-state index >= 15 is 0 Å². The average molecular weight is 410 g/mol. The molecule has 0 radical (unpaired) electrons. The zero-order chi connectivity index (χ0) is 22.0. The number of hydrogen-bond acceptors (Lipinski definition) is 7. The summed E-state index contributed by atoms with van der Waals surface area (Å²) in [5.41, 5.74) is 12.6. The predicted octanol–water partition coefficient (Wildman–Crippen LogP) is -0.271. The zero-order valence-corrected chi connectivity index (χ0v) is 17.6. The number of nitrogens with zero attached hydrogens (tertiary/aromatic N) is 6. The van der Waals surface area contributed by atoms with E-state index in [2.05, 4.69) is 21.8 Å². The van der Waals surface area contributed by atoms with Gasteiger partial charge in [-0.2, -0.15) is 4.98 Å². The molecule has 10 heteroatoms. The lowest BCUT2D eigenvalue weighted by atomic mass is 10.2. The lowest BCUT2D eigenvalue weighted by molar-refractivity contribution is 0.653. The molecule has 3 rings (SSSR count). The molecule has 0 saturated heterocycles. The molecule has 0 aromatic carbocycles. The molecule has 0 amide bonds. The minimum absolute atomic E-state index is 0.0107. The lowest BCUT2D eigenvalue weighted by Crippen LogP contribution is -2.40. The molecular formula is C20H26N8O2. The highest BCUT2D eigenvalue weighted by atomic mass is 16.2. The van der Waals surface area contributed by atoms with Crippen LogP contribution in [0.1, 0.15) is 19.4 Å². The maximum atomic E-state index is 13.4. The Morgan fingerprint density at radius 2 is 2.03 bits per heavy atom. The van der Waals surface area contributed by atoms with Crippen molar-refractivity contribution in [1.29, 1.82) is 0 Å². The van der Waals surface area contributed by atoms with Crippen molar-refractivity contribution < 1.29 is 0 Å². The van der Waals surface area contributed by atoms with Gasteiger partial charge in [-0.1, -0.05) is 5.92 Å². The van der Waals surface area contributed by atoms with Crippen molar-refractivity contribution in [3.8, 4) is 11.8 Å². The summed E-state index contributed by atoms with van der Waals surface area (Å²) in [5.74, 6) is 6.35. The third kappa shape index (κ3) is 3.79. The normalized spacial score (nSPS) is 11.9. The summed E-state index contributed by atoms with van der Waals surface area (Å²) in [6.07, 6.45) is 3.11. The summed E-state index contributed by atoms with van der Waals surface area (Å²) in [6.45, 7) is 4.40. The highest BCUT2D eigenvalue weighted by molar-refractivity contribution is 5.74. The van der Waals surface area contributed by atoms with Gasteiger partial charge >= 0.3 is 5.69 Å². The Balaban J connectivity index is 2.29. The van der Waals surface area contributed by atoms with Gasteiger partial charge in [-0.15, -0.1) is 5.92 Å². The van der Waals surface area contributed by atoms with Crippen LogP contribution < -0.4 is 27.6 Å². The van der Waals surface area contributed by atoms with E-state index in [1.165, 1.54) is 4.57 Å². The number of likely N-dealkylation sites (N-methyl/N-ethyl adjacent to an activating group) is 1. The van der Waals surface area contributed by atoms with Gasteiger partial charge in [0.05, 0.1) is 13.1 Å². The number of nitrogens with two attached hydrogens (primary N) is 2. The van der Waals surface area contributed by atoms with Crippen molar-refractivity contribution in [2.24, 2.45) is 12.8 Å². The molecular weight excluding hydrogens is 384 g/mol. The van der Waals surface area contributed by atoms with Gasteiger partial charge in [0.1, 0.15) is 0 Å². The summed E-state index contributed by atoms with van der Waals surface area (Å²) in [6, 6.07) is 1.53. The number of aryl methyl sites for hydroxylation is 1. The van der Waals surface area contributed by atoms with Gasteiger partial charge in [-0.05, 0) is 19.9 Å². The molecule has 1 unspecified atom stereocenters. The fourth-order valence-electron chi connectivity index (χ4n) is 3.35. The number of aromatic nitrogens is 5. The minimum atomic E-state index is -0.483. The molecule has 1 atom stereocenters. The number of anilines is 2. The molecule has 0 saturated carbocycles. The van der Waals surface area contributed by atoms with E-state index in [9.17, 15) is 9.59 Å². The van der Waals surface area contributed by atoms with Crippen LogP contribution in [0.4, 0.5) is 11.6 Å².